The highest BCUT2D eigenvalue weighted by Crippen LogP contribution is 2.29. The summed E-state index contributed by atoms with van der Waals surface area (Å²) in [4.78, 5) is 17.2. The van der Waals surface area contributed by atoms with E-state index >= 15 is 0 Å². The molecule has 4 rings (SSSR count). The first kappa shape index (κ1) is 19.6. The molecule has 0 aliphatic carbocycles. The maximum Gasteiger partial charge on any atom is 0.223 e. The largest absolute Gasteiger partial charge is 0.503 e. The Balaban J connectivity index is 1.50. The van der Waals surface area contributed by atoms with E-state index in [4.69, 9.17) is 0 Å². The fraction of sp³-hybridized carbons (Fsp3) is 0.500. The van der Waals surface area contributed by atoms with Crippen LogP contribution in [0.5, 0.6) is 5.75 Å². The van der Waals surface area contributed by atoms with Crippen LogP contribution < -0.4 is 5.43 Å². The monoisotopic (exact) mass is 399 g/mol. The van der Waals surface area contributed by atoms with Gasteiger partial charge in [-0.25, -0.2) is 0 Å². The number of benzene rings is 1. The number of likely N-dealkylation sites (tertiary alicyclic amines) is 1. The van der Waals surface area contributed by atoms with Crippen LogP contribution in [0.3, 0.4) is 0 Å². The van der Waals surface area contributed by atoms with Gasteiger partial charge in [0.1, 0.15) is 0 Å². The normalized spacial score (nSPS) is 21.2. The van der Waals surface area contributed by atoms with Gasteiger partial charge < -0.3 is 9.67 Å². The minimum Gasteiger partial charge on any atom is -0.503 e. The molecule has 0 radical (unpaired) electrons. The Morgan fingerprint density at radius 3 is 2.57 bits per heavy atom. The van der Waals surface area contributed by atoms with Crippen LogP contribution >= 0.6 is 11.8 Å². The van der Waals surface area contributed by atoms with E-state index in [-0.39, 0.29) is 11.2 Å². The van der Waals surface area contributed by atoms with Gasteiger partial charge in [-0.1, -0.05) is 30.3 Å². The van der Waals surface area contributed by atoms with E-state index in [1.54, 1.807) is 6.07 Å². The molecule has 28 heavy (non-hydrogen) atoms. The maximum absolute atomic E-state index is 12.4. The zero-order valence-electron chi connectivity index (χ0n) is 16.5. The average molecular weight is 400 g/mol. The van der Waals surface area contributed by atoms with E-state index in [1.807, 2.05) is 23.4 Å². The van der Waals surface area contributed by atoms with Crippen molar-refractivity contribution in [3.63, 3.8) is 0 Å². The van der Waals surface area contributed by atoms with Crippen LogP contribution in [-0.4, -0.2) is 57.2 Å². The zero-order chi connectivity index (χ0) is 19.5. The Morgan fingerprint density at radius 2 is 1.82 bits per heavy atom. The Bertz CT molecular complexity index is 862. The van der Waals surface area contributed by atoms with Crippen LogP contribution in [-0.2, 0) is 20.1 Å². The van der Waals surface area contributed by atoms with E-state index in [1.165, 1.54) is 5.56 Å². The molecule has 0 amide bonds. The molecule has 2 aromatic rings. The van der Waals surface area contributed by atoms with Crippen LogP contribution in [0.1, 0.15) is 29.3 Å². The molecule has 0 unspecified atom stereocenters. The first-order valence-corrected chi connectivity index (χ1v) is 11.3. The second-order valence-corrected chi connectivity index (χ2v) is 9.10. The Labute approximate surface area is 171 Å². The van der Waals surface area contributed by atoms with E-state index in [0.717, 1.165) is 62.0 Å². The van der Waals surface area contributed by atoms with Crippen molar-refractivity contribution in [2.45, 2.75) is 25.4 Å². The number of aromatic hydroxyl groups is 1. The first-order valence-electron chi connectivity index (χ1n) is 10.1. The molecule has 2 aliphatic heterocycles. The van der Waals surface area contributed by atoms with Crippen molar-refractivity contribution in [2.75, 3.05) is 37.7 Å². The molecule has 3 heterocycles. The summed E-state index contributed by atoms with van der Waals surface area (Å²) in [6.07, 6.45) is 1.11. The fourth-order valence-electron chi connectivity index (χ4n) is 4.30. The molecule has 1 aromatic carbocycles. The number of nitrogens with zero attached hydrogens (tertiary/aromatic N) is 3. The number of rotatable bonds is 5. The maximum atomic E-state index is 12.4. The highest BCUT2D eigenvalue weighted by Gasteiger charge is 2.26. The third kappa shape index (κ3) is 4.29. The molecule has 1 aromatic heterocycles. The van der Waals surface area contributed by atoms with Gasteiger partial charge in [0.2, 0.25) is 5.43 Å². The highest BCUT2D eigenvalue weighted by molar-refractivity contribution is 7.99. The molecule has 1 atom stereocenters. The molecule has 1 N–H and O–H groups in total. The second-order valence-electron chi connectivity index (χ2n) is 7.87. The third-order valence-corrected chi connectivity index (χ3v) is 6.99. The van der Waals surface area contributed by atoms with Crippen molar-refractivity contribution in [3.8, 4) is 5.75 Å². The van der Waals surface area contributed by atoms with Crippen molar-refractivity contribution < 1.29 is 5.11 Å². The van der Waals surface area contributed by atoms with Crippen LogP contribution in [0.25, 0.3) is 0 Å². The standard InChI is InChI=1S/C22H29N3O2S/c1-23-19(15-24-9-11-28-12-10-24)13-21(26)22(27)20(23)16-25-8-7-18(14-25)17-5-3-2-4-6-17/h2-6,13,18,27H,7-12,14-16H2,1H3/t18-/m0/s1. The molecule has 5 nitrogen and oxygen atoms in total. The van der Waals surface area contributed by atoms with Gasteiger partial charge in [-0.15, -0.1) is 0 Å². The van der Waals surface area contributed by atoms with Gasteiger partial charge in [-0.3, -0.25) is 14.6 Å². The van der Waals surface area contributed by atoms with Gasteiger partial charge in [0.25, 0.3) is 0 Å². The molecule has 0 saturated carbocycles. The minimum atomic E-state index is -0.256. The summed E-state index contributed by atoms with van der Waals surface area (Å²) in [5.74, 6) is 2.72. The SMILES string of the molecule is Cn1c(CN2CCSCC2)cc(=O)c(O)c1CN1CC[C@H](c2ccccc2)C1. The van der Waals surface area contributed by atoms with E-state index < -0.39 is 0 Å². The quantitative estimate of drug-likeness (QED) is 0.838. The van der Waals surface area contributed by atoms with Gasteiger partial charge >= 0.3 is 0 Å². The summed E-state index contributed by atoms with van der Waals surface area (Å²) >= 11 is 1.98. The van der Waals surface area contributed by atoms with Gasteiger partial charge in [0.05, 0.1) is 5.69 Å². The third-order valence-electron chi connectivity index (χ3n) is 6.05. The van der Waals surface area contributed by atoms with Crippen molar-refractivity contribution in [2.24, 2.45) is 7.05 Å². The summed E-state index contributed by atoms with van der Waals surface area (Å²) in [5, 5.41) is 10.5. The lowest BCUT2D eigenvalue weighted by molar-refractivity contribution is 0.279. The number of thioether (sulfide) groups is 1. The number of hydrogen-bond acceptors (Lipinski definition) is 5. The molecule has 0 bridgehead atoms. The van der Waals surface area contributed by atoms with Crippen molar-refractivity contribution in [1.82, 2.24) is 14.4 Å². The second kappa shape index (κ2) is 8.72. The smallest absolute Gasteiger partial charge is 0.223 e. The van der Waals surface area contributed by atoms with Crippen molar-refractivity contribution in [3.05, 3.63) is 63.6 Å². The lowest BCUT2D eigenvalue weighted by Crippen LogP contribution is -2.34. The molecule has 2 saturated heterocycles. The van der Waals surface area contributed by atoms with Crippen molar-refractivity contribution in [1.29, 1.82) is 0 Å². The number of pyridine rings is 1. The van der Waals surface area contributed by atoms with E-state index in [9.17, 15) is 9.90 Å². The molecular formula is C22H29N3O2S. The summed E-state index contributed by atoms with van der Waals surface area (Å²) in [6, 6.07) is 12.2. The Morgan fingerprint density at radius 1 is 1.07 bits per heavy atom. The molecule has 2 fully saturated rings. The van der Waals surface area contributed by atoms with Gasteiger partial charge in [-0.2, -0.15) is 11.8 Å². The summed E-state index contributed by atoms with van der Waals surface area (Å²) in [6.45, 7) is 5.45. The number of aromatic nitrogens is 1. The van der Waals surface area contributed by atoms with Gasteiger partial charge in [0.15, 0.2) is 5.75 Å². The average Bonchev–Trinajstić information content (AvgIpc) is 3.19. The summed E-state index contributed by atoms with van der Waals surface area (Å²) < 4.78 is 2.04. The van der Waals surface area contributed by atoms with Crippen molar-refractivity contribution >= 4 is 11.8 Å². The Kier molecular flexibility index (Phi) is 6.09. The highest BCUT2D eigenvalue weighted by atomic mass is 32.2. The van der Waals surface area contributed by atoms with Gasteiger partial charge in [0, 0.05) is 63.0 Å². The summed E-state index contributed by atoms with van der Waals surface area (Å²) in [5.41, 5.74) is 2.85. The Hall–Kier alpha value is -1.76. The topological polar surface area (TPSA) is 48.7 Å². The molecule has 2 aliphatic rings. The molecule has 6 heteroatoms. The summed E-state index contributed by atoms with van der Waals surface area (Å²) in [7, 11) is 1.98. The molecule has 0 spiro atoms. The molecule has 150 valence electrons. The predicted molar refractivity (Wildman–Crippen MR) is 115 cm³/mol. The van der Waals surface area contributed by atoms with E-state index in [0.29, 0.717) is 12.5 Å². The first-order chi connectivity index (χ1) is 13.6. The van der Waals surface area contributed by atoms with Gasteiger partial charge in [-0.05, 0) is 24.4 Å². The zero-order valence-corrected chi connectivity index (χ0v) is 17.3. The lowest BCUT2D eigenvalue weighted by atomic mass is 9.99. The number of hydrogen-bond donors (Lipinski definition) is 1. The van der Waals surface area contributed by atoms with Crippen LogP contribution in [0.4, 0.5) is 0 Å². The van der Waals surface area contributed by atoms with Crippen LogP contribution in [0.2, 0.25) is 0 Å². The minimum absolute atomic E-state index is 0.0939. The van der Waals surface area contributed by atoms with Crippen LogP contribution in [0, 0.1) is 0 Å². The lowest BCUT2D eigenvalue weighted by Gasteiger charge is -2.28. The van der Waals surface area contributed by atoms with Crippen LogP contribution in [0.15, 0.2) is 41.2 Å². The predicted octanol–water partition coefficient (Wildman–Crippen LogP) is 2.63. The molecular weight excluding hydrogens is 370 g/mol. The van der Waals surface area contributed by atoms with E-state index in [2.05, 4.69) is 40.1 Å². The fourth-order valence-corrected chi connectivity index (χ4v) is 5.28.